The van der Waals surface area contributed by atoms with Crippen LogP contribution in [-0.2, 0) is 0 Å². The third-order valence-electron chi connectivity index (χ3n) is 3.32. The fourth-order valence-corrected chi connectivity index (χ4v) is 2.40. The van der Waals surface area contributed by atoms with Crippen molar-refractivity contribution in [2.45, 2.75) is 46.5 Å². The summed E-state index contributed by atoms with van der Waals surface area (Å²) < 4.78 is 0.941. The number of unbranched alkanes of at least 4 members (excludes halogenated alkanes) is 2. The van der Waals surface area contributed by atoms with Gasteiger partial charge in [0.15, 0.2) is 0 Å². The average Bonchev–Trinajstić information content (AvgIpc) is 2.37. The van der Waals surface area contributed by atoms with Crippen LogP contribution in [0.5, 0.6) is 0 Å². The van der Waals surface area contributed by atoms with E-state index in [4.69, 9.17) is 5.26 Å². The lowest BCUT2D eigenvalue weighted by Crippen LogP contribution is -2.23. The van der Waals surface area contributed by atoms with Gasteiger partial charge in [-0.15, -0.1) is 0 Å². The predicted molar refractivity (Wildman–Crippen MR) is 85.3 cm³/mol. The summed E-state index contributed by atoms with van der Waals surface area (Å²) in [7, 11) is 0. The first-order valence-corrected chi connectivity index (χ1v) is 7.71. The van der Waals surface area contributed by atoms with E-state index in [2.05, 4.69) is 48.1 Å². The Morgan fingerprint density at radius 3 is 2.68 bits per heavy atom. The summed E-state index contributed by atoms with van der Waals surface area (Å²) in [6.07, 6.45) is 5.04. The van der Waals surface area contributed by atoms with Crippen LogP contribution in [0.2, 0.25) is 0 Å². The zero-order chi connectivity index (χ0) is 14.3. The van der Waals surface area contributed by atoms with Crippen molar-refractivity contribution in [3.63, 3.8) is 0 Å². The number of rotatable bonds is 7. The van der Waals surface area contributed by atoms with E-state index < -0.39 is 0 Å². The van der Waals surface area contributed by atoms with E-state index in [-0.39, 0.29) is 5.41 Å². The summed E-state index contributed by atoms with van der Waals surface area (Å²) >= 11 is 3.39. The molecule has 0 unspecified atom stereocenters. The van der Waals surface area contributed by atoms with Crippen LogP contribution in [0.25, 0.3) is 0 Å². The minimum atomic E-state index is 0.259. The van der Waals surface area contributed by atoms with Crippen molar-refractivity contribution in [1.29, 1.82) is 5.26 Å². The number of benzene rings is 1. The van der Waals surface area contributed by atoms with E-state index in [0.717, 1.165) is 16.7 Å². The molecule has 0 aromatic heterocycles. The Hall–Kier alpha value is -1.01. The molecule has 0 fully saturated rings. The zero-order valence-corrected chi connectivity index (χ0v) is 13.7. The fraction of sp³-hybridized carbons (Fsp3) is 0.562. The molecule has 2 nitrogen and oxygen atoms in total. The molecule has 0 aliphatic rings. The first-order chi connectivity index (χ1) is 8.98. The summed E-state index contributed by atoms with van der Waals surface area (Å²) in [4.78, 5) is 0. The lowest BCUT2D eigenvalue weighted by atomic mass is 9.86. The summed E-state index contributed by atoms with van der Waals surface area (Å²) in [5.41, 5.74) is 1.88. The van der Waals surface area contributed by atoms with Crippen molar-refractivity contribution in [2.75, 3.05) is 11.9 Å². The number of anilines is 1. The Bertz CT molecular complexity index is 447. The summed E-state index contributed by atoms with van der Waals surface area (Å²) in [6, 6.07) is 8.01. The minimum absolute atomic E-state index is 0.259. The monoisotopic (exact) mass is 322 g/mol. The molecule has 1 aromatic rings. The molecule has 1 aromatic carbocycles. The van der Waals surface area contributed by atoms with Gasteiger partial charge in [-0.2, -0.15) is 5.26 Å². The number of halogens is 1. The van der Waals surface area contributed by atoms with Gasteiger partial charge in [0, 0.05) is 11.0 Å². The fourth-order valence-electron chi connectivity index (χ4n) is 2.04. The number of nitriles is 1. The highest BCUT2D eigenvalue weighted by molar-refractivity contribution is 9.10. The van der Waals surface area contributed by atoms with Crippen LogP contribution in [-0.4, -0.2) is 6.54 Å². The normalized spacial score (nSPS) is 11.1. The largest absolute Gasteiger partial charge is 0.383 e. The molecule has 0 bridgehead atoms. The SMILES string of the molecule is CCCCCC(C)(C)CNc1ccc(Br)cc1C#N. The molecule has 0 heterocycles. The molecular weight excluding hydrogens is 300 g/mol. The van der Waals surface area contributed by atoms with Gasteiger partial charge in [0.25, 0.3) is 0 Å². The molecule has 0 aliphatic carbocycles. The Morgan fingerprint density at radius 1 is 1.32 bits per heavy atom. The first kappa shape index (κ1) is 16.0. The molecule has 0 saturated carbocycles. The van der Waals surface area contributed by atoms with Gasteiger partial charge in [-0.05, 0) is 30.0 Å². The highest BCUT2D eigenvalue weighted by atomic mass is 79.9. The lowest BCUT2D eigenvalue weighted by molar-refractivity contribution is 0.342. The van der Waals surface area contributed by atoms with E-state index in [1.54, 1.807) is 0 Å². The minimum Gasteiger partial charge on any atom is -0.383 e. The number of nitrogens with zero attached hydrogens (tertiary/aromatic N) is 1. The topological polar surface area (TPSA) is 35.8 Å². The van der Waals surface area contributed by atoms with Crippen molar-refractivity contribution in [3.8, 4) is 6.07 Å². The van der Waals surface area contributed by atoms with E-state index >= 15 is 0 Å². The van der Waals surface area contributed by atoms with Crippen LogP contribution in [0, 0.1) is 16.7 Å². The van der Waals surface area contributed by atoms with Crippen LogP contribution in [0.15, 0.2) is 22.7 Å². The second kappa shape index (κ2) is 7.55. The Labute approximate surface area is 125 Å². The van der Waals surface area contributed by atoms with Crippen LogP contribution >= 0.6 is 15.9 Å². The summed E-state index contributed by atoms with van der Waals surface area (Å²) in [5, 5.41) is 12.6. The van der Waals surface area contributed by atoms with Gasteiger partial charge in [-0.1, -0.05) is 56.0 Å². The maximum atomic E-state index is 9.13. The Kier molecular flexibility index (Phi) is 6.37. The second-order valence-corrected chi connectivity index (χ2v) is 6.69. The molecule has 1 rings (SSSR count). The molecule has 0 amide bonds. The van der Waals surface area contributed by atoms with Crippen molar-refractivity contribution in [2.24, 2.45) is 5.41 Å². The number of nitrogens with one attached hydrogen (secondary N) is 1. The molecule has 0 atom stereocenters. The molecule has 104 valence electrons. The Morgan fingerprint density at radius 2 is 2.05 bits per heavy atom. The van der Waals surface area contributed by atoms with E-state index in [9.17, 15) is 0 Å². The maximum absolute atomic E-state index is 9.13. The Balaban J connectivity index is 2.59. The molecule has 0 spiro atoms. The lowest BCUT2D eigenvalue weighted by Gasteiger charge is -2.26. The zero-order valence-electron chi connectivity index (χ0n) is 12.1. The van der Waals surface area contributed by atoms with Gasteiger partial charge in [0.05, 0.1) is 11.3 Å². The van der Waals surface area contributed by atoms with Crippen LogP contribution in [0.3, 0.4) is 0 Å². The molecular formula is C16H23BrN2. The number of hydrogen-bond donors (Lipinski definition) is 1. The van der Waals surface area contributed by atoms with Crippen LogP contribution in [0.1, 0.15) is 52.0 Å². The van der Waals surface area contributed by atoms with Crippen LogP contribution < -0.4 is 5.32 Å². The van der Waals surface area contributed by atoms with Crippen LogP contribution in [0.4, 0.5) is 5.69 Å². The van der Waals surface area contributed by atoms with Crippen molar-refractivity contribution in [1.82, 2.24) is 0 Å². The smallest absolute Gasteiger partial charge is 0.101 e. The predicted octanol–water partition coefficient (Wildman–Crippen LogP) is 5.34. The van der Waals surface area contributed by atoms with Gasteiger partial charge < -0.3 is 5.32 Å². The van der Waals surface area contributed by atoms with Crippen molar-refractivity contribution >= 4 is 21.6 Å². The summed E-state index contributed by atoms with van der Waals surface area (Å²) in [6.45, 7) is 7.68. The molecule has 0 radical (unpaired) electrons. The van der Waals surface area contributed by atoms with Crippen molar-refractivity contribution < 1.29 is 0 Å². The third-order valence-corrected chi connectivity index (χ3v) is 3.81. The molecule has 3 heteroatoms. The quantitative estimate of drug-likeness (QED) is 0.688. The van der Waals surface area contributed by atoms with Crippen molar-refractivity contribution in [3.05, 3.63) is 28.2 Å². The second-order valence-electron chi connectivity index (χ2n) is 5.78. The highest BCUT2D eigenvalue weighted by Crippen LogP contribution is 2.26. The summed E-state index contributed by atoms with van der Waals surface area (Å²) in [5.74, 6) is 0. The van der Waals surface area contributed by atoms with Gasteiger partial charge in [0.1, 0.15) is 6.07 Å². The molecule has 1 N–H and O–H groups in total. The average molecular weight is 323 g/mol. The van der Waals surface area contributed by atoms with Gasteiger partial charge in [-0.25, -0.2) is 0 Å². The standard InChI is InChI=1S/C16H23BrN2/c1-4-5-6-9-16(2,3)12-19-15-8-7-14(17)10-13(15)11-18/h7-8,10,19H,4-6,9,12H2,1-3H3. The highest BCUT2D eigenvalue weighted by Gasteiger charge is 2.17. The first-order valence-electron chi connectivity index (χ1n) is 6.92. The molecule has 0 saturated heterocycles. The van der Waals surface area contributed by atoms with E-state index in [0.29, 0.717) is 5.56 Å². The van der Waals surface area contributed by atoms with E-state index in [1.807, 2.05) is 18.2 Å². The van der Waals surface area contributed by atoms with Gasteiger partial charge >= 0.3 is 0 Å². The van der Waals surface area contributed by atoms with E-state index in [1.165, 1.54) is 25.7 Å². The van der Waals surface area contributed by atoms with Gasteiger partial charge in [-0.3, -0.25) is 0 Å². The molecule has 0 aliphatic heterocycles. The molecule has 19 heavy (non-hydrogen) atoms. The third kappa shape index (κ3) is 5.65. The maximum Gasteiger partial charge on any atom is 0.101 e. The van der Waals surface area contributed by atoms with Gasteiger partial charge in [0.2, 0.25) is 0 Å². The number of hydrogen-bond acceptors (Lipinski definition) is 2.